The Morgan fingerprint density at radius 2 is 1.94 bits per heavy atom. The van der Waals surface area contributed by atoms with Crippen molar-refractivity contribution in [3.8, 4) is 0 Å². The lowest BCUT2D eigenvalue weighted by Gasteiger charge is -2.05. The van der Waals surface area contributed by atoms with Crippen molar-refractivity contribution < 1.29 is 14.3 Å². The van der Waals surface area contributed by atoms with Gasteiger partial charge in [-0.05, 0) is 30.7 Å². The second-order valence-corrected chi connectivity index (χ2v) is 3.71. The molecule has 0 aliphatic heterocycles. The van der Waals surface area contributed by atoms with Gasteiger partial charge in [-0.2, -0.15) is 0 Å². The Morgan fingerprint density at radius 3 is 2.53 bits per heavy atom. The van der Waals surface area contributed by atoms with Gasteiger partial charge in [-0.3, -0.25) is 0 Å². The van der Waals surface area contributed by atoms with Gasteiger partial charge in [0.1, 0.15) is 0 Å². The number of carbonyl (C=O) groups excluding carboxylic acids is 1. The fourth-order valence-electron chi connectivity index (χ4n) is 1.45. The maximum atomic E-state index is 11.2. The highest BCUT2D eigenvalue weighted by molar-refractivity contribution is 5.89. The lowest BCUT2D eigenvalue weighted by molar-refractivity contribution is 0.0600. The van der Waals surface area contributed by atoms with E-state index in [0.717, 1.165) is 31.7 Å². The summed E-state index contributed by atoms with van der Waals surface area (Å²) in [5, 5.41) is 3.30. The molecule has 4 nitrogen and oxygen atoms in total. The fourth-order valence-corrected chi connectivity index (χ4v) is 1.45. The molecular weight excluding hydrogens is 218 g/mol. The molecule has 0 radical (unpaired) electrons. The predicted octanol–water partition coefficient (Wildman–Crippen LogP) is 1.60. The Bertz CT molecular complexity index is 335. The minimum absolute atomic E-state index is 0.301. The summed E-state index contributed by atoms with van der Waals surface area (Å²) in [5.74, 6) is -0.301. The smallest absolute Gasteiger partial charge is 0.337 e. The first-order chi connectivity index (χ1) is 8.27. The molecule has 1 aromatic rings. The van der Waals surface area contributed by atoms with Crippen LogP contribution in [0.2, 0.25) is 0 Å². The van der Waals surface area contributed by atoms with Crippen LogP contribution >= 0.6 is 0 Å². The van der Waals surface area contributed by atoms with Crippen LogP contribution in [0.4, 0.5) is 0 Å². The number of nitrogens with one attached hydrogen (secondary N) is 1. The molecule has 0 fully saturated rings. The number of hydrogen-bond acceptors (Lipinski definition) is 4. The molecule has 94 valence electrons. The van der Waals surface area contributed by atoms with Gasteiger partial charge in [-0.15, -0.1) is 0 Å². The molecule has 0 aliphatic carbocycles. The van der Waals surface area contributed by atoms with Gasteiger partial charge in [-0.1, -0.05) is 12.1 Å². The minimum Gasteiger partial charge on any atom is -0.465 e. The van der Waals surface area contributed by atoms with Crippen LogP contribution in [0.15, 0.2) is 24.3 Å². The Labute approximate surface area is 102 Å². The zero-order chi connectivity index (χ0) is 12.5. The van der Waals surface area contributed by atoms with E-state index in [4.69, 9.17) is 4.74 Å². The standard InChI is InChI=1S/C13H19NO3/c1-16-9-3-8-14-10-11-4-6-12(7-5-11)13(15)17-2/h4-7,14H,3,8-10H2,1-2H3. The van der Waals surface area contributed by atoms with Gasteiger partial charge in [0.2, 0.25) is 0 Å². The first-order valence-electron chi connectivity index (χ1n) is 5.65. The fraction of sp³-hybridized carbons (Fsp3) is 0.462. The van der Waals surface area contributed by atoms with Crippen molar-refractivity contribution in [2.45, 2.75) is 13.0 Å². The molecule has 0 heterocycles. The highest BCUT2D eigenvalue weighted by Crippen LogP contribution is 2.05. The van der Waals surface area contributed by atoms with Crippen molar-refractivity contribution in [3.05, 3.63) is 35.4 Å². The predicted molar refractivity (Wildman–Crippen MR) is 66.0 cm³/mol. The SMILES string of the molecule is COCCCNCc1ccc(C(=O)OC)cc1. The van der Waals surface area contributed by atoms with Crippen molar-refractivity contribution in [3.63, 3.8) is 0 Å². The molecule has 4 heteroatoms. The summed E-state index contributed by atoms with van der Waals surface area (Å²) in [5.41, 5.74) is 1.73. The molecule has 17 heavy (non-hydrogen) atoms. The van der Waals surface area contributed by atoms with Crippen molar-refractivity contribution in [2.24, 2.45) is 0 Å². The number of methoxy groups -OCH3 is 2. The Morgan fingerprint density at radius 1 is 1.24 bits per heavy atom. The monoisotopic (exact) mass is 237 g/mol. The van der Waals surface area contributed by atoms with Crippen LogP contribution in [0.3, 0.4) is 0 Å². The molecule has 0 aliphatic rings. The van der Waals surface area contributed by atoms with Gasteiger partial charge in [-0.25, -0.2) is 4.79 Å². The molecule has 0 saturated carbocycles. The van der Waals surface area contributed by atoms with Crippen molar-refractivity contribution in [1.29, 1.82) is 0 Å². The molecule has 0 atom stereocenters. The van der Waals surface area contributed by atoms with Crippen LogP contribution in [-0.2, 0) is 16.0 Å². The number of carbonyl (C=O) groups is 1. The maximum absolute atomic E-state index is 11.2. The Balaban J connectivity index is 2.33. The number of esters is 1. The normalized spacial score (nSPS) is 10.2. The summed E-state index contributed by atoms with van der Waals surface area (Å²) >= 11 is 0. The van der Waals surface area contributed by atoms with E-state index in [0.29, 0.717) is 5.56 Å². The molecule has 1 rings (SSSR count). The van der Waals surface area contributed by atoms with E-state index >= 15 is 0 Å². The Hall–Kier alpha value is -1.39. The molecule has 1 aromatic carbocycles. The van der Waals surface area contributed by atoms with Gasteiger partial charge in [0.25, 0.3) is 0 Å². The van der Waals surface area contributed by atoms with Gasteiger partial charge >= 0.3 is 5.97 Å². The first-order valence-corrected chi connectivity index (χ1v) is 5.65. The van der Waals surface area contributed by atoms with E-state index in [-0.39, 0.29) is 5.97 Å². The van der Waals surface area contributed by atoms with Crippen LogP contribution in [0, 0.1) is 0 Å². The van der Waals surface area contributed by atoms with Crippen molar-refractivity contribution >= 4 is 5.97 Å². The molecular formula is C13H19NO3. The van der Waals surface area contributed by atoms with Crippen LogP contribution in [0.25, 0.3) is 0 Å². The quantitative estimate of drug-likeness (QED) is 0.578. The largest absolute Gasteiger partial charge is 0.465 e. The van der Waals surface area contributed by atoms with Gasteiger partial charge in [0.15, 0.2) is 0 Å². The van der Waals surface area contributed by atoms with Crippen LogP contribution in [-0.4, -0.2) is 33.3 Å². The summed E-state index contributed by atoms with van der Waals surface area (Å²) in [6.07, 6.45) is 0.997. The van der Waals surface area contributed by atoms with E-state index < -0.39 is 0 Å². The molecule has 0 aromatic heterocycles. The summed E-state index contributed by atoms with van der Waals surface area (Å²) in [7, 11) is 3.08. The lowest BCUT2D eigenvalue weighted by Crippen LogP contribution is -2.16. The number of hydrogen-bond donors (Lipinski definition) is 1. The molecule has 0 unspecified atom stereocenters. The third-order valence-corrected chi connectivity index (χ3v) is 2.41. The number of ether oxygens (including phenoxy) is 2. The van der Waals surface area contributed by atoms with Crippen molar-refractivity contribution in [2.75, 3.05) is 27.4 Å². The third kappa shape index (κ3) is 4.97. The zero-order valence-electron chi connectivity index (χ0n) is 10.4. The van der Waals surface area contributed by atoms with E-state index in [1.54, 1.807) is 19.2 Å². The molecule has 0 spiro atoms. The summed E-state index contributed by atoms with van der Waals surface area (Å²) in [4.78, 5) is 11.2. The molecule has 0 amide bonds. The topological polar surface area (TPSA) is 47.6 Å². The third-order valence-electron chi connectivity index (χ3n) is 2.41. The van der Waals surface area contributed by atoms with E-state index in [9.17, 15) is 4.79 Å². The minimum atomic E-state index is -0.301. The second kappa shape index (κ2) is 7.81. The molecule has 1 N–H and O–H groups in total. The summed E-state index contributed by atoms with van der Waals surface area (Å²) in [6.45, 7) is 2.49. The van der Waals surface area contributed by atoms with E-state index in [1.165, 1.54) is 7.11 Å². The van der Waals surface area contributed by atoms with Crippen LogP contribution in [0.1, 0.15) is 22.3 Å². The average Bonchev–Trinajstić information content (AvgIpc) is 2.38. The average molecular weight is 237 g/mol. The molecule has 0 saturated heterocycles. The van der Waals surface area contributed by atoms with Crippen LogP contribution in [0.5, 0.6) is 0 Å². The van der Waals surface area contributed by atoms with Gasteiger partial charge < -0.3 is 14.8 Å². The Kier molecular flexibility index (Phi) is 6.29. The first kappa shape index (κ1) is 13.7. The highest BCUT2D eigenvalue weighted by Gasteiger charge is 2.03. The van der Waals surface area contributed by atoms with Gasteiger partial charge in [0, 0.05) is 20.3 Å². The van der Waals surface area contributed by atoms with Crippen molar-refractivity contribution in [1.82, 2.24) is 5.32 Å². The maximum Gasteiger partial charge on any atom is 0.337 e. The van der Waals surface area contributed by atoms with E-state index in [2.05, 4.69) is 10.1 Å². The van der Waals surface area contributed by atoms with Gasteiger partial charge in [0.05, 0.1) is 12.7 Å². The van der Waals surface area contributed by atoms with E-state index in [1.807, 2.05) is 12.1 Å². The summed E-state index contributed by atoms with van der Waals surface area (Å²) in [6, 6.07) is 7.40. The summed E-state index contributed by atoms with van der Waals surface area (Å²) < 4.78 is 9.59. The number of rotatable bonds is 7. The lowest BCUT2D eigenvalue weighted by atomic mass is 10.1. The zero-order valence-corrected chi connectivity index (χ0v) is 10.4. The highest BCUT2D eigenvalue weighted by atomic mass is 16.5. The molecule has 0 bridgehead atoms. The second-order valence-electron chi connectivity index (χ2n) is 3.71. The number of benzene rings is 1. The van der Waals surface area contributed by atoms with Crippen LogP contribution < -0.4 is 5.32 Å².